The van der Waals surface area contributed by atoms with E-state index < -0.39 is 25.1 Å². The highest BCUT2D eigenvalue weighted by Crippen LogP contribution is 2.46. The summed E-state index contributed by atoms with van der Waals surface area (Å²) in [4.78, 5) is 24.9. The monoisotopic (exact) mass is 495 g/mol. The zero-order chi connectivity index (χ0) is 24.9. The van der Waals surface area contributed by atoms with Gasteiger partial charge in [-0.1, -0.05) is 5.16 Å². The average molecular weight is 496 g/mol. The molecule has 3 rings (SSSR count). The Hall–Kier alpha value is -2.56. The molecule has 1 aliphatic carbocycles. The van der Waals surface area contributed by atoms with Gasteiger partial charge in [-0.3, -0.25) is 9.36 Å². The topological polar surface area (TPSA) is 156 Å². The molecule has 2 heterocycles. The SMILES string of the molecule is CC(C)OC(=O)C(C)(C)NP(=O)(CO[C@H](C)Cn1cnc2c(N)ncnc21)ON=C1CCCC1. The molecule has 2 atom stereocenters. The number of carbonyl (C=O) groups is 1. The fraction of sp³-hybridized carbons (Fsp3) is 0.667. The van der Waals surface area contributed by atoms with Gasteiger partial charge >= 0.3 is 13.5 Å². The van der Waals surface area contributed by atoms with Gasteiger partial charge in [0, 0.05) is 0 Å². The third kappa shape index (κ3) is 6.74. The Morgan fingerprint density at radius 3 is 2.65 bits per heavy atom. The molecule has 188 valence electrons. The fourth-order valence-electron chi connectivity index (χ4n) is 3.49. The molecule has 1 aliphatic rings. The zero-order valence-corrected chi connectivity index (χ0v) is 21.2. The minimum atomic E-state index is -3.72. The van der Waals surface area contributed by atoms with Gasteiger partial charge in [0.1, 0.15) is 23.7 Å². The second kappa shape index (κ2) is 10.8. The summed E-state index contributed by atoms with van der Waals surface area (Å²) in [5.74, 6) is -0.254. The van der Waals surface area contributed by atoms with E-state index in [4.69, 9.17) is 19.8 Å². The molecule has 3 N–H and O–H groups in total. The largest absolute Gasteiger partial charge is 0.462 e. The highest BCUT2D eigenvalue weighted by atomic mass is 31.2. The quantitative estimate of drug-likeness (QED) is 0.269. The van der Waals surface area contributed by atoms with Gasteiger partial charge in [-0.2, -0.15) is 0 Å². The van der Waals surface area contributed by atoms with Gasteiger partial charge in [-0.15, -0.1) is 0 Å². The lowest BCUT2D eigenvalue weighted by Crippen LogP contribution is -2.47. The third-order valence-corrected chi connectivity index (χ3v) is 6.93. The Balaban J connectivity index is 1.70. The lowest BCUT2D eigenvalue weighted by atomic mass is 10.1. The number of nitrogens with zero attached hydrogens (tertiary/aromatic N) is 5. The molecule has 0 amide bonds. The van der Waals surface area contributed by atoms with Crippen LogP contribution in [0.25, 0.3) is 11.2 Å². The van der Waals surface area contributed by atoms with Gasteiger partial charge in [0.15, 0.2) is 11.5 Å². The van der Waals surface area contributed by atoms with Crippen molar-refractivity contribution in [1.29, 1.82) is 0 Å². The number of rotatable bonds is 11. The molecule has 1 unspecified atom stereocenters. The van der Waals surface area contributed by atoms with E-state index in [9.17, 15) is 9.36 Å². The maximum Gasteiger partial charge on any atom is 0.365 e. The molecule has 13 heteroatoms. The van der Waals surface area contributed by atoms with Crippen LogP contribution < -0.4 is 10.8 Å². The van der Waals surface area contributed by atoms with E-state index in [1.165, 1.54) is 6.33 Å². The molecule has 0 bridgehead atoms. The minimum Gasteiger partial charge on any atom is -0.462 e. The van der Waals surface area contributed by atoms with Crippen LogP contribution in [0.5, 0.6) is 0 Å². The molecule has 1 fully saturated rings. The number of nitrogens with two attached hydrogens (primary N) is 1. The minimum absolute atomic E-state index is 0.293. The van der Waals surface area contributed by atoms with Gasteiger partial charge in [0.05, 0.1) is 30.8 Å². The standard InChI is InChI=1S/C21H34N7O5P/c1-14(2)32-20(29)21(4,5)27-34(30,33-26-16-8-6-7-9-16)13-31-15(3)10-28-12-25-17-18(22)23-11-24-19(17)28/h11-12,14-15H,6-10,13H2,1-5H3,(H,27,30)(H2,22,23,24)/t15-,34?/m1/s1. The van der Waals surface area contributed by atoms with Gasteiger partial charge in [-0.25, -0.2) is 20.0 Å². The number of nitrogen functional groups attached to an aromatic ring is 1. The van der Waals surface area contributed by atoms with Crippen molar-refractivity contribution < 1.29 is 23.5 Å². The molecule has 2 aromatic heterocycles. The predicted molar refractivity (Wildman–Crippen MR) is 128 cm³/mol. The predicted octanol–water partition coefficient (Wildman–Crippen LogP) is 3.23. The summed E-state index contributed by atoms with van der Waals surface area (Å²) in [6, 6.07) is 0. The van der Waals surface area contributed by atoms with Gasteiger partial charge in [-0.05, 0) is 60.3 Å². The first-order valence-corrected chi connectivity index (χ1v) is 13.2. The molecule has 12 nitrogen and oxygen atoms in total. The van der Waals surface area contributed by atoms with E-state index in [1.54, 1.807) is 38.6 Å². The molecule has 0 spiro atoms. The summed E-state index contributed by atoms with van der Waals surface area (Å²) in [5.41, 5.74) is 6.49. The first-order chi connectivity index (χ1) is 16.0. The number of oxime groups is 1. The molecular formula is C21H34N7O5P. The first kappa shape index (κ1) is 26.1. The molecular weight excluding hydrogens is 461 g/mol. The van der Waals surface area contributed by atoms with Crippen molar-refractivity contribution >= 4 is 36.2 Å². The molecule has 1 saturated carbocycles. The Kier molecular flexibility index (Phi) is 8.27. The second-order valence-electron chi connectivity index (χ2n) is 9.24. The lowest BCUT2D eigenvalue weighted by molar-refractivity contribution is -0.153. The highest BCUT2D eigenvalue weighted by Gasteiger charge is 2.40. The Morgan fingerprint density at radius 1 is 1.26 bits per heavy atom. The average Bonchev–Trinajstić information content (AvgIpc) is 3.41. The number of carbonyl (C=O) groups excluding carboxylic acids is 1. The van der Waals surface area contributed by atoms with Crippen LogP contribution in [0.2, 0.25) is 0 Å². The lowest BCUT2D eigenvalue weighted by Gasteiger charge is -2.29. The number of aromatic nitrogens is 4. The van der Waals surface area contributed by atoms with Crippen LogP contribution in [-0.4, -0.2) is 55.3 Å². The van der Waals surface area contributed by atoms with Gasteiger partial charge < -0.3 is 24.4 Å². The number of imidazole rings is 1. The van der Waals surface area contributed by atoms with E-state index in [0.29, 0.717) is 23.5 Å². The number of nitrogens with one attached hydrogen (secondary N) is 1. The highest BCUT2D eigenvalue weighted by molar-refractivity contribution is 7.56. The smallest absolute Gasteiger partial charge is 0.365 e. The number of hydrogen-bond donors (Lipinski definition) is 2. The van der Waals surface area contributed by atoms with Crippen LogP contribution in [0.4, 0.5) is 5.82 Å². The molecule has 0 aliphatic heterocycles. The van der Waals surface area contributed by atoms with Crippen LogP contribution in [0.15, 0.2) is 17.8 Å². The molecule has 0 aromatic carbocycles. The van der Waals surface area contributed by atoms with Crippen LogP contribution in [0.1, 0.15) is 60.3 Å². The van der Waals surface area contributed by atoms with Crippen molar-refractivity contribution in [3.63, 3.8) is 0 Å². The number of hydrogen-bond acceptors (Lipinski definition) is 10. The Labute approximate surface area is 199 Å². The molecule has 2 aromatic rings. The van der Waals surface area contributed by atoms with Gasteiger partial charge in [0.25, 0.3) is 0 Å². The molecule has 0 saturated heterocycles. The number of esters is 1. The molecule has 34 heavy (non-hydrogen) atoms. The van der Waals surface area contributed by atoms with Crippen LogP contribution in [0, 0.1) is 0 Å². The third-order valence-electron chi connectivity index (χ3n) is 5.20. The van der Waals surface area contributed by atoms with Crippen molar-refractivity contribution in [2.24, 2.45) is 5.16 Å². The maximum atomic E-state index is 13.7. The summed E-state index contributed by atoms with van der Waals surface area (Å²) in [7, 11) is -3.72. The van der Waals surface area contributed by atoms with Crippen molar-refractivity contribution in [3.8, 4) is 0 Å². The number of anilines is 1. The van der Waals surface area contributed by atoms with Crippen LogP contribution in [0.3, 0.4) is 0 Å². The summed E-state index contributed by atoms with van der Waals surface area (Å²) in [6.45, 7) is 8.86. The van der Waals surface area contributed by atoms with Gasteiger partial charge in [0.2, 0.25) is 0 Å². The van der Waals surface area contributed by atoms with Crippen molar-refractivity contribution in [2.75, 3.05) is 12.1 Å². The number of ether oxygens (including phenoxy) is 2. The van der Waals surface area contributed by atoms with Crippen LogP contribution in [-0.2, 0) is 30.0 Å². The van der Waals surface area contributed by atoms with Crippen molar-refractivity contribution in [2.45, 2.75) is 84.6 Å². The normalized spacial score (nSPS) is 17.1. The summed E-state index contributed by atoms with van der Waals surface area (Å²) in [5, 5.41) is 6.94. The van der Waals surface area contributed by atoms with Crippen molar-refractivity contribution in [3.05, 3.63) is 12.7 Å². The summed E-state index contributed by atoms with van der Waals surface area (Å²) in [6.07, 6.45) is 5.61. The van der Waals surface area contributed by atoms with E-state index in [0.717, 1.165) is 31.4 Å². The van der Waals surface area contributed by atoms with E-state index >= 15 is 0 Å². The maximum absolute atomic E-state index is 13.7. The summed E-state index contributed by atoms with van der Waals surface area (Å²) >= 11 is 0. The van der Waals surface area contributed by atoms with E-state index in [1.807, 2.05) is 6.92 Å². The Morgan fingerprint density at radius 2 is 1.97 bits per heavy atom. The zero-order valence-electron chi connectivity index (χ0n) is 20.4. The van der Waals surface area contributed by atoms with Crippen LogP contribution >= 0.6 is 7.52 Å². The first-order valence-electron chi connectivity index (χ1n) is 11.4. The van der Waals surface area contributed by atoms with E-state index in [2.05, 4.69) is 25.2 Å². The molecule has 0 radical (unpaired) electrons. The fourth-order valence-corrected chi connectivity index (χ4v) is 5.29. The summed E-state index contributed by atoms with van der Waals surface area (Å²) < 4.78 is 32.2. The van der Waals surface area contributed by atoms with Crippen molar-refractivity contribution in [1.82, 2.24) is 24.6 Å². The number of fused-ring (bicyclic) bond motifs is 1. The Bertz CT molecular complexity index is 1080. The second-order valence-corrected chi connectivity index (χ2v) is 11.2. The van der Waals surface area contributed by atoms with E-state index in [-0.39, 0.29) is 12.5 Å².